The first-order valence-corrected chi connectivity index (χ1v) is 9.45. The van der Waals surface area contributed by atoms with Crippen LogP contribution < -0.4 is 20.7 Å². The highest BCUT2D eigenvalue weighted by Gasteiger charge is 2.33. The number of para-hydroxylation sites is 2. The predicted octanol–water partition coefficient (Wildman–Crippen LogP) is 5.55. The molecule has 0 unspecified atom stereocenters. The lowest BCUT2D eigenvalue weighted by Gasteiger charge is -2.14. The van der Waals surface area contributed by atoms with Gasteiger partial charge >= 0.3 is 12.2 Å². The molecule has 7 nitrogen and oxygen atoms in total. The number of ether oxygens (including phenoxy) is 1. The van der Waals surface area contributed by atoms with E-state index in [1.807, 2.05) is 0 Å². The van der Waals surface area contributed by atoms with Gasteiger partial charge in [-0.2, -0.15) is 13.2 Å². The Kier molecular flexibility index (Phi) is 6.84. The quantitative estimate of drug-likeness (QED) is 0.461. The Labute approximate surface area is 185 Å². The van der Waals surface area contributed by atoms with E-state index in [2.05, 4.69) is 20.9 Å². The molecule has 0 aliphatic carbocycles. The molecule has 3 amide bonds. The summed E-state index contributed by atoms with van der Waals surface area (Å²) >= 11 is 5.59. The number of hydrogen-bond donors (Lipinski definition) is 3. The van der Waals surface area contributed by atoms with Crippen molar-refractivity contribution in [3.8, 4) is 11.5 Å². The maximum atomic E-state index is 13.0. The Morgan fingerprint density at radius 3 is 2.50 bits per heavy atom. The third-order valence-electron chi connectivity index (χ3n) is 4.08. The average Bonchev–Trinajstić information content (AvgIpc) is 2.75. The first-order valence-electron chi connectivity index (χ1n) is 9.07. The molecule has 0 aliphatic rings. The summed E-state index contributed by atoms with van der Waals surface area (Å²) in [5.74, 6) is 0.131. The van der Waals surface area contributed by atoms with Crippen LogP contribution in [0.15, 0.2) is 60.8 Å². The summed E-state index contributed by atoms with van der Waals surface area (Å²) in [7, 11) is 1.47. The minimum absolute atomic E-state index is 0.0954. The number of carbonyl (C=O) groups excluding carboxylic acids is 2. The number of nitrogens with one attached hydrogen (secondary N) is 3. The summed E-state index contributed by atoms with van der Waals surface area (Å²) in [6.07, 6.45) is -3.27. The first-order chi connectivity index (χ1) is 15.2. The maximum absolute atomic E-state index is 13.0. The minimum Gasteiger partial charge on any atom is -0.455 e. The number of aromatic nitrogens is 1. The topological polar surface area (TPSA) is 92.4 Å². The van der Waals surface area contributed by atoms with Crippen molar-refractivity contribution in [3.63, 3.8) is 0 Å². The summed E-state index contributed by atoms with van der Waals surface area (Å²) in [6, 6.07) is 11.6. The van der Waals surface area contributed by atoms with Crippen LogP contribution in [0.5, 0.6) is 11.5 Å². The Morgan fingerprint density at radius 1 is 1.03 bits per heavy atom. The smallest absolute Gasteiger partial charge is 0.417 e. The molecule has 0 bridgehead atoms. The van der Waals surface area contributed by atoms with Crippen molar-refractivity contribution in [1.29, 1.82) is 0 Å². The van der Waals surface area contributed by atoms with Crippen molar-refractivity contribution in [2.24, 2.45) is 0 Å². The highest BCUT2D eigenvalue weighted by molar-refractivity contribution is 6.31. The highest BCUT2D eigenvalue weighted by atomic mass is 35.5. The third kappa shape index (κ3) is 5.67. The van der Waals surface area contributed by atoms with E-state index in [0.29, 0.717) is 5.75 Å². The molecule has 1 aromatic heterocycles. The van der Waals surface area contributed by atoms with Crippen molar-refractivity contribution < 1.29 is 27.5 Å². The van der Waals surface area contributed by atoms with Crippen molar-refractivity contribution in [1.82, 2.24) is 10.3 Å². The van der Waals surface area contributed by atoms with E-state index < -0.39 is 28.7 Å². The fraction of sp³-hybridized carbons (Fsp3) is 0.0952. The fourth-order valence-electron chi connectivity index (χ4n) is 2.62. The number of benzene rings is 2. The molecule has 0 saturated carbocycles. The molecule has 3 aromatic rings. The van der Waals surface area contributed by atoms with Gasteiger partial charge in [0.15, 0.2) is 5.75 Å². The van der Waals surface area contributed by atoms with E-state index in [1.54, 1.807) is 24.3 Å². The molecule has 3 N–H and O–H groups in total. The van der Waals surface area contributed by atoms with Crippen LogP contribution in [0, 0.1) is 0 Å². The van der Waals surface area contributed by atoms with Gasteiger partial charge in [-0.05, 0) is 36.4 Å². The van der Waals surface area contributed by atoms with Crippen LogP contribution in [-0.2, 0) is 6.18 Å². The lowest BCUT2D eigenvalue weighted by Crippen LogP contribution is -2.20. The number of anilines is 2. The van der Waals surface area contributed by atoms with E-state index in [4.69, 9.17) is 16.3 Å². The van der Waals surface area contributed by atoms with Crippen molar-refractivity contribution in [3.05, 3.63) is 77.1 Å². The predicted molar refractivity (Wildman–Crippen MR) is 113 cm³/mol. The number of amides is 3. The van der Waals surface area contributed by atoms with Gasteiger partial charge in [-0.3, -0.25) is 9.78 Å². The van der Waals surface area contributed by atoms with Gasteiger partial charge < -0.3 is 20.7 Å². The molecule has 0 aliphatic heterocycles. The molecule has 3 rings (SSSR count). The first kappa shape index (κ1) is 22.9. The Morgan fingerprint density at radius 2 is 1.78 bits per heavy atom. The van der Waals surface area contributed by atoms with Gasteiger partial charge in [0, 0.05) is 25.0 Å². The van der Waals surface area contributed by atoms with Gasteiger partial charge in [0.05, 0.1) is 16.3 Å². The number of carbonyl (C=O) groups is 2. The number of pyridine rings is 1. The van der Waals surface area contributed by atoms with E-state index >= 15 is 0 Å². The zero-order chi connectivity index (χ0) is 23.3. The maximum Gasteiger partial charge on any atom is 0.417 e. The standard InChI is InChI=1S/C21H16ClF3N4O3/c1-26-19(30)17-11-13(8-9-27-17)32-18-5-3-2-4-16(18)29-20(31)28-12-6-7-15(22)14(10-12)21(23,24)25/h2-11H,1H3,(H,26,30)(H2,28,29,31). The summed E-state index contributed by atoms with van der Waals surface area (Å²) < 4.78 is 44.8. The molecule has 166 valence electrons. The molecule has 0 fully saturated rings. The summed E-state index contributed by atoms with van der Waals surface area (Å²) in [6.45, 7) is 0. The van der Waals surface area contributed by atoms with Gasteiger partial charge in [0.25, 0.3) is 5.91 Å². The Hall–Kier alpha value is -3.79. The molecule has 11 heteroatoms. The molecule has 0 radical (unpaired) electrons. The van der Waals surface area contributed by atoms with Gasteiger partial charge in [0.2, 0.25) is 0 Å². The molecular weight excluding hydrogens is 449 g/mol. The number of halogens is 4. The largest absolute Gasteiger partial charge is 0.455 e. The van der Waals surface area contributed by atoms with Crippen LogP contribution >= 0.6 is 11.6 Å². The van der Waals surface area contributed by atoms with Crippen LogP contribution in [0.25, 0.3) is 0 Å². The van der Waals surface area contributed by atoms with E-state index in [9.17, 15) is 22.8 Å². The molecule has 32 heavy (non-hydrogen) atoms. The lowest BCUT2D eigenvalue weighted by atomic mass is 10.2. The second-order valence-corrected chi connectivity index (χ2v) is 6.73. The van der Waals surface area contributed by atoms with Crippen molar-refractivity contribution in [2.45, 2.75) is 6.18 Å². The third-order valence-corrected chi connectivity index (χ3v) is 4.41. The summed E-state index contributed by atoms with van der Waals surface area (Å²) in [5.41, 5.74) is -0.781. The molecular formula is C21H16ClF3N4O3. The van der Waals surface area contributed by atoms with Crippen LogP contribution in [0.4, 0.5) is 29.3 Å². The highest BCUT2D eigenvalue weighted by Crippen LogP contribution is 2.36. The summed E-state index contributed by atoms with van der Waals surface area (Å²) in [5, 5.41) is 6.81. The summed E-state index contributed by atoms with van der Waals surface area (Å²) in [4.78, 5) is 28.0. The molecule has 0 saturated heterocycles. The van der Waals surface area contributed by atoms with Gasteiger partial charge in [-0.25, -0.2) is 4.79 Å². The number of nitrogens with zero attached hydrogens (tertiary/aromatic N) is 1. The van der Waals surface area contributed by atoms with Crippen molar-refractivity contribution in [2.75, 3.05) is 17.7 Å². The SMILES string of the molecule is CNC(=O)c1cc(Oc2ccccc2NC(=O)Nc2ccc(Cl)c(C(F)(F)F)c2)ccn1. The van der Waals surface area contributed by atoms with Gasteiger partial charge in [-0.1, -0.05) is 23.7 Å². The molecule has 2 aromatic carbocycles. The van der Waals surface area contributed by atoms with Gasteiger partial charge in [-0.15, -0.1) is 0 Å². The van der Waals surface area contributed by atoms with E-state index in [-0.39, 0.29) is 22.8 Å². The zero-order valence-corrected chi connectivity index (χ0v) is 17.2. The lowest BCUT2D eigenvalue weighted by molar-refractivity contribution is -0.137. The van der Waals surface area contributed by atoms with Crippen LogP contribution in [0.1, 0.15) is 16.1 Å². The van der Waals surface area contributed by atoms with Crippen LogP contribution in [-0.4, -0.2) is 24.0 Å². The molecule has 0 atom stereocenters. The minimum atomic E-state index is -4.66. The Bertz CT molecular complexity index is 1160. The zero-order valence-electron chi connectivity index (χ0n) is 16.5. The van der Waals surface area contributed by atoms with E-state index in [0.717, 1.165) is 12.1 Å². The number of hydrogen-bond acceptors (Lipinski definition) is 4. The average molecular weight is 465 g/mol. The second-order valence-electron chi connectivity index (χ2n) is 6.33. The number of urea groups is 1. The molecule has 0 spiro atoms. The second kappa shape index (κ2) is 9.56. The van der Waals surface area contributed by atoms with Crippen molar-refractivity contribution >= 4 is 34.9 Å². The Balaban J connectivity index is 1.76. The fourth-order valence-corrected chi connectivity index (χ4v) is 2.84. The number of rotatable bonds is 5. The van der Waals surface area contributed by atoms with Gasteiger partial charge in [0.1, 0.15) is 11.4 Å². The molecule has 1 heterocycles. The van der Waals surface area contributed by atoms with Crippen LogP contribution in [0.2, 0.25) is 5.02 Å². The normalized spacial score (nSPS) is 10.9. The van der Waals surface area contributed by atoms with Crippen LogP contribution in [0.3, 0.4) is 0 Å². The monoisotopic (exact) mass is 464 g/mol. The number of alkyl halides is 3. The van der Waals surface area contributed by atoms with E-state index in [1.165, 1.54) is 31.4 Å².